The third-order valence-corrected chi connectivity index (χ3v) is 2.54. The van der Waals surface area contributed by atoms with Gasteiger partial charge in [0.1, 0.15) is 11.3 Å². The van der Waals surface area contributed by atoms with Crippen molar-refractivity contribution in [2.24, 2.45) is 0 Å². The third-order valence-electron chi connectivity index (χ3n) is 2.54. The van der Waals surface area contributed by atoms with Crippen molar-refractivity contribution in [3.63, 3.8) is 0 Å². The van der Waals surface area contributed by atoms with E-state index in [9.17, 15) is 14.7 Å². The normalized spacial score (nSPS) is 10.6. The molecule has 2 N–H and O–H groups in total. The zero-order valence-corrected chi connectivity index (χ0v) is 11.6. The summed E-state index contributed by atoms with van der Waals surface area (Å²) >= 11 is 0. The van der Waals surface area contributed by atoms with Crippen LogP contribution in [0.4, 0.5) is 0 Å². The number of aromatic nitrogens is 1. The predicted molar refractivity (Wildman–Crippen MR) is 68.5 cm³/mol. The first-order valence-corrected chi connectivity index (χ1v) is 6.23. The zero-order valence-electron chi connectivity index (χ0n) is 11.6. The Kier molecular flexibility index (Phi) is 4.97. The molecule has 0 amide bonds. The van der Waals surface area contributed by atoms with Gasteiger partial charge in [0.05, 0.1) is 18.9 Å². The van der Waals surface area contributed by atoms with E-state index in [0.29, 0.717) is 5.69 Å². The smallest absolute Gasteiger partial charge is 0.355 e. The summed E-state index contributed by atoms with van der Waals surface area (Å²) in [4.78, 5) is 26.4. The second kappa shape index (κ2) is 6.26. The monoisotopic (exact) mass is 269 g/mol. The molecular formula is C13H19NO5. The molecule has 0 fully saturated rings. The van der Waals surface area contributed by atoms with E-state index in [0.717, 1.165) is 0 Å². The minimum Gasteiger partial charge on any atom is -0.505 e. The lowest BCUT2D eigenvalue weighted by Gasteiger charge is -2.04. The first-order valence-electron chi connectivity index (χ1n) is 6.23. The molecule has 0 saturated carbocycles. The zero-order chi connectivity index (χ0) is 14.6. The van der Waals surface area contributed by atoms with Gasteiger partial charge >= 0.3 is 11.9 Å². The van der Waals surface area contributed by atoms with E-state index in [4.69, 9.17) is 9.47 Å². The van der Waals surface area contributed by atoms with Gasteiger partial charge in [-0.15, -0.1) is 0 Å². The summed E-state index contributed by atoms with van der Waals surface area (Å²) in [5.74, 6) is -1.76. The molecule has 0 aliphatic heterocycles. The summed E-state index contributed by atoms with van der Waals surface area (Å²) in [6, 6.07) is 0. The van der Waals surface area contributed by atoms with Crippen molar-refractivity contribution in [2.75, 3.05) is 13.2 Å². The van der Waals surface area contributed by atoms with Crippen LogP contribution >= 0.6 is 0 Å². The molecular weight excluding hydrogens is 250 g/mol. The quantitative estimate of drug-likeness (QED) is 0.800. The van der Waals surface area contributed by atoms with Crippen LogP contribution < -0.4 is 0 Å². The Morgan fingerprint density at radius 3 is 2.16 bits per heavy atom. The van der Waals surface area contributed by atoms with Crippen LogP contribution in [0.5, 0.6) is 5.75 Å². The Balaban J connectivity index is 3.31. The molecule has 0 aliphatic carbocycles. The molecule has 0 aliphatic rings. The summed E-state index contributed by atoms with van der Waals surface area (Å²) in [6.07, 6.45) is 0. The van der Waals surface area contributed by atoms with E-state index in [-0.39, 0.29) is 36.1 Å². The highest BCUT2D eigenvalue weighted by molar-refractivity contribution is 6.04. The minimum atomic E-state index is -0.744. The fourth-order valence-electron chi connectivity index (χ4n) is 1.69. The van der Waals surface area contributed by atoms with Gasteiger partial charge in [0.25, 0.3) is 0 Å². The summed E-state index contributed by atoms with van der Waals surface area (Å²) in [7, 11) is 0. The highest BCUT2D eigenvalue weighted by atomic mass is 16.5. The number of rotatable bonds is 5. The van der Waals surface area contributed by atoms with E-state index in [2.05, 4.69) is 4.98 Å². The molecule has 1 heterocycles. The van der Waals surface area contributed by atoms with Crippen molar-refractivity contribution in [3.8, 4) is 5.75 Å². The van der Waals surface area contributed by atoms with Gasteiger partial charge in [-0.1, -0.05) is 13.8 Å². The summed E-state index contributed by atoms with van der Waals surface area (Å²) < 4.78 is 9.70. The average Bonchev–Trinajstić information content (AvgIpc) is 2.67. The van der Waals surface area contributed by atoms with Crippen LogP contribution in [0.25, 0.3) is 0 Å². The summed E-state index contributed by atoms with van der Waals surface area (Å²) in [5.41, 5.74) is 0.177. The lowest BCUT2D eigenvalue weighted by atomic mass is 10.1. The lowest BCUT2D eigenvalue weighted by molar-refractivity contribution is 0.0473. The van der Waals surface area contributed by atoms with Crippen molar-refractivity contribution in [1.82, 2.24) is 4.98 Å². The molecule has 1 aromatic heterocycles. The molecule has 1 aromatic rings. The van der Waals surface area contributed by atoms with Crippen LogP contribution in [0, 0.1) is 0 Å². The van der Waals surface area contributed by atoms with Crippen molar-refractivity contribution in [2.45, 2.75) is 33.6 Å². The molecule has 0 unspecified atom stereocenters. The number of carbonyl (C=O) groups is 2. The molecule has 0 atom stereocenters. The van der Waals surface area contributed by atoms with Crippen LogP contribution in [-0.4, -0.2) is 35.2 Å². The molecule has 106 valence electrons. The molecule has 6 heteroatoms. The number of esters is 2. The Hall–Kier alpha value is -1.98. The van der Waals surface area contributed by atoms with Crippen LogP contribution in [0.3, 0.4) is 0 Å². The van der Waals surface area contributed by atoms with E-state index >= 15 is 0 Å². The van der Waals surface area contributed by atoms with Crippen LogP contribution in [-0.2, 0) is 9.47 Å². The lowest BCUT2D eigenvalue weighted by Crippen LogP contribution is -2.13. The molecule has 0 saturated heterocycles. The average molecular weight is 269 g/mol. The second-order valence-corrected chi connectivity index (χ2v) is 4.23. The van der Waals surface area contributed by atoms with E-state index in [1.165, 1.54) is 0 Å². The standard InChI is InChI=1S/C13H19NO5/c1-5-18-12(16)8-10(13(17)19-6-2)14-9(7(3)4)11(8)15/h7,14-15H,5-6H2,1-4H3. The topological polar surface area (TPSA) is 88.6 Å². The minimum absolute atomic E-state index is 0.0681. The molecule has 0 spiro atoms. The molecule has 19 heavy (non-hydrogen) atoms. The summed E-state index contributed by atoms with van der Waals surface area (Å²) in [6.45, 7) is 7.30. The van der Waals surface area contributed by atoms with Crippen molar-refractivity contribution < 1.29 is 24.2 Å². The number of H-pyrrole nitrogens is 1. The van der Waals surface area contributed by atoms with E-state index in [1.807, 2.05) is 13.8 Å². The van der Waals surface area contributed by atoms with E-state index < -0.39 is 11.9 Å². The van der Waals surface area contributed by atoms with Gasteiger partial charge in [-0.3, -0.25) is 0 Å². The Morgan fingerprint density at radius 2 is 1.68 bits per heavy atom. The van der Waals surface area contributed by atoms with Crippen molar-refractivity contribution in [1.29, 1.82) is 0 Å². The molecule has 6 nitrogen and oxygen atoms in total. The highest BCUT2D eigenvalue weighted by Gasteiger charge is 2.29. The van der Waals surface area contributed by atoms with Gasteiger partial charge in [-0.25, -0.2) is 9.59 Å². The number of nitrogens with one attached hydrogen (secondary N) is 1. The largest absolute Gasteiger partial charge is 0.505 e. The first-order chi connectivity index (χ1) is 8.93. The van der Waals surface area contributed by atoms with Crippen LogP contribution in [0.15, 0.2) is 0 Å². The number of hydrogen-bond acceptors (Lipinski definition) is 5. The Bertz CT molecular complexity index is 476. The predicted octanol–water partition coefficient (Wildman–Crippen LogP) is 2.20. The van der Waals surface area contributed by atoms with Crippen LogP contribution in [0.2, 0.25) is 0 Å². The van der Waals surface area contributed by atoms with Gasteiger partial charge in [0, 0.05) is 0 Å². The Labute approximate surface area is 111 Å². The maximum Gasteiger partial charge on any atom is 0.355 e. The number of carbonyl (C=O) groups excluding carboxylic acids is 2. The SMILES string of the molecule is CCOC(=O)c1[nH]c(C(C)C)c(O)c1C(=O)OCC. The fourth-order valence-corrected chi connectivity index (χ4v) is 1.69. The maximum absolute atomic E-state index is 11.8. The highest BCUT2D eigenvalue weighted by Crippen LogP contribution is 2.32. The van der Waals surface area contributed by atoms with Crippen LogP contribution in [0.1, 0.15) is 60.2 Å². The fraction of sp³-hybridized carbons (Fsp3) is 0.538. The number of aromatic hydroxyl groups is 1. The van der Waals surface area contributed by atoms with E-state index in [1.54, 1.807) is 13.8 Å². The van der Waals surface area contributed by atoms with Crippen molar-refractivity contribution in [3.05, 3.63) is 17.0 Å². The molecule has 0 radical (unpaired) electrons. The van der Waals surface area contributed by atoms with Gasteiger partial charge in [0.15, 0.2) is 5.75 Å². The maximum atomic E-state index is 11.8. The van der Waals surface area contributed by atoms with Gasteiger partial charge in [-0.2, -0.15) is 0 Å². The van der Waals surface area contributed by atoms with Gasteiger partial charge < -0.3 is 19.6 Å². The molecule has 0 aromatic carbocycles. The summed E-state index contributed by atoms with van der Waals surface area (Å²) in [5, 5.41) is 10.1. The Morgan fingerprint density at radius 1 is 1.16 bits per heavy atom. The van der Waals surface area contributed by atoms with Gasteiger partial charge in [0.2, 0.25) is 0 Å². The van der Waals surface area contributed by atoms with Gasteiger partial charge in [-0.05, 0) is 19.8 Å². The first kappa shape index (κ1) is 15.1. The number of hydrogen-bond donors (Lipinski definition) is 2. The third kappa shape index (κ3) is 3.07. The number of aromatic amines is 1. The molecule has 1 rings (SSSR count). The molecule has 0 bridgehead atoms. The second-order valence-electron chi connectivity index (χ2n) is 4.23. The number of ether oxygens (including phenoxy) is 2. The van der Waals surface area contributed by atoms with Crippen molar-refractivity contribution >= 4 is 11.9 Å².